The van der Waals surface area contributed by atoms with Gasteiger partial charge in [0.05, 0.1) is 0 Å². The molecule has 0 spiro atoms. The van der Waals surface area contributed by atoms with E-state index in [-0.39, 0.29) is 0 Å². The van der Waals surface area contributed by atoms with Crippen LogP contribution >= 0.6 is 11.6 Å². The highest BCUT2D eigenvalue weighted by molar-refractivity contribution is 6.18. The topological polar surface area (TPSA) is 0 Å². The van der Waals surface area contributed by atoms with Crippen LogP contribution in [0.15, 0.2) is 24.3 Å². The van der Waals surface area contributed by atoms with Gasteiger partial charge in [0.25, 0.3) is 0 Å². The number of benzene rings is 1. The van der Waals surface area contributed by atoms with Crippen molar-refractivity contribution in [2.24, 2.45) is 0 Å². The second-order valence-electron chi connectivity index (χ2n) is 4.24. The lowest BCUT2D eigenvalue weighted by atomic mass is 9.93. The molecule has 0 radical (unpaired) electrons. The van der Waals surface area contributed by atoms with Crippen molar-refractivity contribution in [3.8, 4) is 0 Å². The average Bonchev–Trinajstić information content (AvgIpc) is 2.30. The van der Waals surface area contributed by atoms with Crippen molar-refractivity contribution >= 4 is 11.6 Å². The summed E-state index contributed by atoms with van der Waals surface area (Å²) in [5, 5.41) is 0. The molecular formula is C14H21Cl. The van der Waals surface area contributed by atoms with E-state index in [0.29, 0.717) is 11.8 Å². The van der Waals surface area contributed by atoms with E-state index in [0.717, 1.165) is 12.3 Å². The summed E-state index contributed by atoms with van der Waals surface area (Å²) in [6.07, 6.45) is 2.32. The van der Waals surface area contributed by atoms with Gasteiger partial charge in [-0.2, -0.15) is 0 Å². The maximum Gasteiger partial charge on any atom is 0.0292 e. The zero-order valence-corrected chi connectivity index (χ0v) is 10.7. The standard InChI is InChI=1S/C14H21Cl/c1-4-11(3)13-6-8-14(9-7-13)12(5-2)10-15/h6-9,11-12H,4-5,10H2,1-3H3. The van der Waals surface area contributed by atoms with E-state index in [1.165, 1.54) is 17.5 Å². The number of alkyl halides is 1. The van der Waals surface area contributed by atoms with Crippen molar-refractivity contribution in [3.05, 3.63) is 35.4 Å². The molecule has 1 aromatic carbocycles. The fourth-order valence-electron chi connectivity index (χ4n) is 1.77. The lowest BCUT2D eigenvalue weighted by Gasteiger charge is -2.14. The molecule has 84 valence electrons. The summed E-state index contributed by atoms with van der Waals surface area (Å²) in [6, 6.07) is 8.97. The van der Waals surface area contributed by atoms with Crippen molar-refractivity contribution in [2.45, 2.75) is 45.4 Å². The Morgan fingerprint density at radius 3 is 1.93 bits per heavy atom. The Hall–Kier alpha value is -0.490. The Bertz CT molecular complexity index is 272. The summed E-state index contributed by atoms with van der Waals surface area (Å²) in [5.41, 5.74) is 2.81. The molecule has 2 atom stereocenters. The summed E-state index contributed by atoms with van der Waals surface area (Å²) in [5.74, 6) is 1.90. The molecule has 0 amide bonds. The highest BCUT2D eigenvalue weighted by atomic mass is 35.5. The van der Waals surface area contributed by atoms with Crippen molar-refractivity contribution in [3.63, 3.8) is 0 Å². The molecule has 0 aliphatic rings. The Morgan fingerprint density at radius 2 is 1.53 bits per heavy atom. The highest BCUT2D eigenvalue weighted by Gasteiger charge is 2.08. The average molecular weight is 225 g/mol. The van der Waals surface area contributed by atoms with E-state index >= 15 is 0 Å². The zero-order valence-electron chi connectivity index (χ0n) is 9.96. The van der Waals surface area contributed by atoms with E-state index in [9.17, 15) is 0 Å². The molecule has 0 heterocycles. The van der Waals surface area contributed by atoms with Gasteiger partial charge in [-0.25, -0.2) is 0 Å². The van der Waals surface area contributed by atoms with Gasteiger partial charge in [-0.05, 0) is 35.8 Å². The minimum absolute atomic E-state index is 0.512. The van der Waals surface area contributed by atoms with Crippen molar-refractivity contribution in [1.82, 2.24) is 0 Å². The molecule has 1 rings (SSSR count). The van der Waals surface area contributed by atoms with Gasteiger partial charge in [-0.1, -0.05) is 45.0 Å². The molecule has 0 saturated heterocycles. The third-order valence-corrected chi connectivity index (χ3v) is 3.64. The van der Waals surface area contributed by atoms with Gasteiger partial charge < -0.3 is 0 Å². The van der Waals surface area contributed by atoms with Crippen LogP contribution in [0.25, 0.3) is 0 Å². The summed E-state index contributed by atoms with van der Waals surface area (Å²) >= 11 is 5.93. The van der Waals surface area contributed by atoms with Crippen LogP contribution in [0.4, 0.5) is 0 Å². The first-order valence-electron chi connectivity index (χ1n) is 5.88. The number of rotatable bonds is 5. The van der Waals surface area contributed by atoms with Gasteiger partial charge in [-0.3, -0.25) is 0 Å². The SMILES string of the molecule is CCC(C)c1ccc(C(CC)CCl)cc1. The third-order valence-electron chi connectivity index (χ3n) is 3.27. The molecule has 0 aliphatic carbocycles. The van der Waals surface area contributed by atoms with Crippen LogP contribution in [0.2, 0.25) is 0 Å². The lowest BCUT2D eigenvalue weighted by molar-refractivity contribution is 0.722. The maximum atomic E-state index is 5.93. The predicted molar refractivity (Wildman–Crippen MR) is 68.9 cm³/mol. The first-order chi connectivity index (χ1) is 7.22. The second-order valence-corrected chi connectivity index (χ2v) is 4.54. The van der Waals surface area contributed by atoms with Crippen LogP contribution < -0.4 is 0 Å². The summed E-state index contributed by atoms with van der Waals surface area (Å²) in [4.78, 5) is 0. The molecule has 0 bridgehead atoms. The molecule has 15 heavy (non-hydrogen) atoms. The first-order valence-corrected chi connectivity index (χ1v) is 6.42. The van der Waals surface area contributed by atoms with Crippen LogP contribution in [-0.4, -0.2) is 5.88 Å². The van der Waals surface area contributed by atoms with Crippen LogP contribution in [0.5, 0.6) is 0 Å². The largest absolute Gasteiger partial charge is 0.126 e. The molecule has 0 fully saturated rings. The lowest BCUT2D eigenvalue weighted by Crippen LogP contribution is -1.99. The van der Waals surface area contributed by atoms with Crippen LogP contribution in [-0.2, 0) is 0 Å². The Labute approximate surface area is 98.7 Å². The smallest absolute Gasteiger partial charge is 0.0292 e. The Kier molecular flexibility index (Phi) is 5.17. The van der Waals surface area contributed by atoms with Gasteiger partial charge in [0, 0.05) is 5.88 Å². The number of hydrogen-bond acceptors (Lipinski definition) is 0. The van der Waals surface area contributed by atoms with E-state index in [2.05, 4.69) is 45.0 Å². The van der Waals surface area contributed by atoms with Crippen LogP contribution in [0.1, 0.15) is 56.6 Å². The quantitative estimate of drug-likeness (QED) is 0.622. The molecule has 0 N–H and O–H groups in total. The molecule has 1 aromatic rings. The van der Waals surface area contributed by atoms with Crippen molar-refractivity contribution < 1.29 is 0 Å². The molecule has 0 nitrogen and oxygen atoms in total. The predicted octanol–water partition coefficient (Wildman–Crippen LogP) is 4.93. The minimum atomic E-state index is 0.512. The van der Waals surface area contributed by atoms with E-state index < -0.39 is 0 Å². The van der Waals surface area contributed by atoms with E-state index in [1.807, 2.05) is 0 Å². The minimum Gasteiger partial charge on any atom is -0.126 e. The van der Waals surface area contributed by atoms with E-state index in [4.69, 9.17) is 11.6 Å². The fraction of sp³-hybridized carbons (Fsp3) is 0.571. The van der Waals surface area contributed by atoms with Crippen LogP contribution in [0, 0.1) is 0 Å². The summed E-state index contributed by atoms with van der Waals surface area (Å²) < 4.78 is 0. The van der Waals surface area contributed by atoms with Gasteiger partial charge in [0.2, 0.25) is 0 Å². The van der Waals surface area contributed by atoms with E-state index in [1.54, 1.807) is 0 Å². The number of hydrogen-bond donors (Lipinski definition) is 0. The maximum absolute atomic E-state index is 5.93. The molecule has 0 aliphatic heterocycles. The molecule has 0 saturated carbocycles. The summed E-state index contributed by atoms with van der Waals surface area (Å²) in [6.45, 7) is 6.69. The molecular weight excluding hydrogens is 204 g/mol. The normalized spacial score (nSPS) is 14.9. The van der Waals surface area contributed by atoms with Gasteiger partial charge >= 0.3 is 0 Å². The van der Waals surface area contributed by atoms with Gasteiger partial charge in [-0.15, -0.1) is 11.6 Å². The molecule has 2 unspecified atom stereocenters. The van der Waals surface area contributed by atoms with Crippen molar-refractivity contribution in [2.75, 3.05) is 5.88 Å². The Balaban J connectivity index is 2.79. The zero-order chi connectivity index (χ0) is 11.3. The first kappa shape index (κ1) is 12.6. The van der Waals surface area contributed by atoms with Gasteiger partial charge in [0.1, 0.15) is 0 Å². The fourth-order valence-corrected chi connectivity index (χ4v) is 2.16. The molecule has 1 heteroatoms. The molecule has 0 aromatic heterocycles. The monoisotopic (exact) mass is 224 g/mol. The van der Waals surface area contributed by atoms with Gasteiger partial charge in [0.15, 0.2) is 0 Å². The number of halogens is 1. The summed E-state index contributed by atoms with van der Waals surface area (Å²) in [7, 11) is 0. The Morgan fingerprint density at radius 1 is 1.00 bits per heavy atom. The second kappa shape index (κ2) is 6.17. The third kappa shape index (κ3) is 3.24. The van der Waals surface area contributed by atoms with Crippen LogP contribution in [0.3, 0.4) is 0 Å². The highest BCUT2D eigenvalue weighted by Crippen LogP contribution is 2.24. The van der Waals surface area contributed by atoms with Crippen molar-refractivity contribution in [1.29, 1.82) is 0 Å².